The van der Waals surface area contributed by atoms with Crippen LogP contribution in [0.4, 0.5) is 0 Å². The standard InChI is InChI=1S/C24H21N3O5S/c1-15-3-5-17(6-4-15)22-14-23(21-13-19(29)9-12-24(21)30)27(25-22)18-7-10-20(11-8-18)33(31,32)26-16(2)28/h3-14,29-30H,1-2H3,(H,26,28). The average Bonchev–Trinajstić information content (AvgIpc) is 3.20. The van der Waals surface area contributed by atoms with Crippen LogP contribution in [-0.4, -0.2) is 34.3 Å². The van der Waals surface area contributed by atoms with Crippen LogP contribution in [0, 0.1) is 6.92 Å². The highest BCUT2D eigenvalue weighted by Crippen LogP contribution is 2.36. The molecule has 0 unspecified atom stereocenters. The van der Waals surface area contributed by atoms with Gasteiger partial charge in [-0.15, -0.1) is 0 Å². The molecule has 0 radical (unpaired) electrons. The lowest BCUT2D eigenvalue weighted by molar-refractivity contribution is -0.117. The summed E-state index contributed by atoms with van der Waals surface area (Å²) in [6.07, 6.45) is 0. The normalized spacial score (nSPS) is 11.3. The van der Waals surface area contributed by atoms with Crippen molar-refractivity contribution in [2.24, 2.45) is 0 Å². The third-order valence-corrected chi connectivity index (χ3v) is 6.43. The van der Waals surface area contributed by atoms with E-state index in [1.165, 1.54) is 30.3 Å². The third-order valence-electron chi connectivity index (χ3n) is 4.98. The first kappa shape index (κ1) is 22.1. The molecule has 0 saturated heterocycles. The summed E-state index contributed by atoms with van der Waals surface area (Å²) in [5.41, 5.74) is 3.95. The number of phenols is 2. The predicted molar refractivity (Wildman–Crippen MR) is 124 cm³/mol. The number of hydrogen-bond acceptors (Lipinski definition) is 6. The molecule has 168 valence electrons. The van der Waals surface area contributed by atoms with Gasteiger partial charge in [-0.25, -0.2) is 17.8 Å². The van der Waals surface area contributed by atoms with Crippen LogP contribution in [0.25, 0.3) is 28.2 Å². The fourth-order valence-corrected chi connectivity index (χ4v) is 4.37. The SMILES string of the molecule is CC(=O)NS(=O)(=O)c1ccc(-n2nc(-c3ccc(C)cc3)cc2-c2cc(O)ccc2O)cc1. The quantitative estimate of drug-likeness (QED) is 0.388. The third kappa shape index (κ3) is 4.58. The maximum Gasteiger partial charge on any atom is 0.264 e. The van der Waals surface area contributed by atoms with Crippen molar-refractivity contribution in [3.05, 3.63) is 78.4 Å². The molecule has 0 aliphatic rings. The van der Waals surface area contributed by atoms with Crippen molar-refractivity contribution in [1.29, 1.82) is 0 Å². The van der Waals surface area contributed by atoms with Gasteiger partial charge in [0.05, 0.1) is 22.0 Å². The van der Waals surface area contributed by atoms with Gasteiger partial charge in [-0.3, -0.25) is 4.79 Å². The highest BCUT2D eigenvalue weighted by Gasteiger charge is 2.19. The van der Waals surface area contributed by atoms with Gasteiger partial charge in [-0.1, -0.05) is 29.8 Å². The molecule has 0 bridgehead atoms. The number of nitrogens with one attached hydrogen (secondary N) is 1. The Bertz CT molecular complexity index is 1440. The maximum atomic E-state index is 12.3. The number of amides is 1. The molecule has 4 aromatic rings. The molecule has 33 heavy (non-hydrogen) atoms. The van der Waals surface area contributed by atoms with E-state index in [1.807, 2.05) is 35.9 Å². The second kappa shape index (κ2) is 8.44. The van der Waals surface area contributed by atoms with E-state index in [1.54, 1.807) is 22.9 Å². The Morgan fingerprint density at radius 3 is 2.24 bits per heavy atom. The van der Waals surface area contributed by atoms with Crippen LogP contribution in [0.2, 0.25) is 0 Å². The fraction of sp³-hybridized carbons (Fsp3) is 0.0833. The Morgan fingerprint density at radius 1 is 0.939 bits per heavy atom. The van der Waals surface area contributed by atoms with Crippen molar-refractivity contribution < 1.29 is 23.4 Å². The summed E-state index contributed by atoms with van der Waals surface area (Å²) in [7, 11) is -3.98. The molecule has 0 aliphatic carbocycles. The zero-order valence-electron chi connectivity index (χ0n) is 17.9. The monoisotopic (exact) mass is 463 g/mol. The molecule has 0 saturated carbocycles. The van der Waals surface area contributed by atoms with E-state index >= 15 is 0 Å². The number of carbonyl (C=O) groups excluding carboxylic acids is 1. The first-order chi connectivity index (χ1) is 15.6. The van der Waals surface area contributed by atoms with Gasteiger partial charge in [0.2, 0.25) is 5.91 Å². The van der Waals surface area contributed by atoms with E-state index < -0.39 is 15.9 Å². The lowest BCUT2D eigenvalue weighted by Gasteiger charge is -2.11. The number of carbonyl (C=O) groups is 1. The number of sulfonamides is 1. The van der Waals surface area contributed by atoms with Crippen molar-refractivity contribution in [1.82, 2.24) is 14.5 Å². The van der Waals surface area contributed by atoms with E-state index in [4.69, 9.17) is 0 Å². The molecule has 0 atom stereocenters. The summed E-state index contributed by atoms with van der Waals surface area (Å²) in [6, 6.07) is 19.6. The van der Waals surface area contributed by atoms with E-state index in [0.717, 1.165) is 18.1 Å². The van der Waals surface area contributed by atoms with Crippen LogP contribution in [0.3, 0.4) is 0 Å². The Balaban J connectivity index is 1.85. The van der Waals surface area contributed by atoms with Gasteiger partial charge < -0.3 is 10.2 Å². The van der Waals surface area contributed by atoms with Crippen LogP contribution < -0.4 is 4.72 Å². The minimum absolute atomic E-state index is 0.0239. The number of hydrogen-bond donors (Lipinski definition) is 3. The molecule has 3 N–H and O–H groups in total. The maximum absolute atomic E-state index is 12.3. The fourth-order valence-electron chi connectivity index (χ4n) is 3.38. The molecule has 3 aromatic carbocycles. The van der Waals surface area contributed by atoms with Crippen molar-refractivity contribution >= 4 is 15.9 Å². The topological polar surface area (TPSA) is 122 Å². The van der Waals surface area contributed by atoms with Gasteiger partial charge in [0.1, 0.15) is 11.5 Å². The van der Waals surface area contributed by atoms with Gasteiger partial charge in [-0.05, 0) is 55.5 Å². The highest BCUT2D eigenvalue weighted by atomic mass is 32.2. The minimum atomic E-state index is -3.98. The Morgan fingerprint density at radius 2 is 1.61 bits per heavy atom. The van der Waals surface area contributed by atoms with Gasteiger partial charge in [-0.2, -0.15) is 5.10 Å². The van der Waals surface area contributed by atoms with Gasteiger partial charge in [0, 0.05) is 18.1 Å². The molecule has 8 nitrogen and oxygen atoms in total. The van der Waals surface area contributed by atoms with E-state index in [9.17, 15) is 23.4 Å². The number of rotatable bonds is 5. The zero-order valence-corrected chi connectivity index (χ0v) is 18.7. The van der Waals surface area contributed by atoms with E-state index in [0.29, 0.717) is 22.6 Å². The number of benzene rings is 3. The summed E-state index contributed by atoms with van der Waals surface area (Å²) in [5.74, 6) is -0.756. The summed E-state index contributed by atoms with van der Waals surface area (Å²) >= 11 is 0. The summed E-state index contributed by atoms with van der Waals surface area (Å²) in [5, 5.41) is 25.1. The Hall–Kier alpha value is -4.11. The summed E-state index contributed by atoms with van der Waals surface area (Å²) < 4.78 is 28.0. The van der Waals surface area contributed by atoms with Crippen LogP contribution in [0.5, 0.6) is 11.5 Å². The Kier molecular flexibility index (Phi) is 5.65. The zero-order chi connectivity index (χ0) is 23.8. The second-order valence-corrected chi connectivity index (χ2v) is 9.23. The molecular weight excluding hydrogens is 442 g/mol. The van der Waals surface area contributed by atoms with Crippen molar-refractivity contribution in [3.63, 3.8) is 0 Å². The van der Waals surface area contributed by atoms with Gasteiger partial charge in [0.15, 0.2) is 0 Å². The van der Waals surface area contributed by atoms with Crippen LogP contribution >= 0.6 is 0 Å². The number of phenolic OH excluding ortho intramolecular Hbond substituents is 2. The first-order valence-corrected chi connectivity index (χ1v) is 11.5. The molecule has 4 rings (SSSR count). The molecule has 1 aromatic heterocycles. The summed E-state index contributed by atoms with van der Waals surface area (Å²) in [6.45, 7) is 3.10. The molecule has 9 heteroatoms. The lowest BCUT2D eigenvalue weighted by Crippen LogP contribution is -2.28. The van der Waals surface area contributed by atoms with Crippen molar-refractivity contribution in [2.45, 2.75) is 18.7 Å². The van der Waals surface area contributed by atoms with Gasteiger partial charge in [0.25, 0.3) is 10.0 Å². The highest BCUT2D eigenvalue weighted by molar-refractivity contribution is 7.90. The van der Waals surface area contributed by atoms with Crippen LogP contribution in [0.1, 0.15) is 12.5 Å². The molecule has 0 aliphatic heterocycles. The number of aromatic hydroxyl groups is 2. The largest absolute Gasteiger partial charge is 0.508 e. The first-order valence-electron chi connectivity index (χ1n) is 9.97. The number of nitrogens with zero attached hydrogens (tertiary/aromatic N) is 2. The lowest BCUT2D eigenvalue weighted by atomic mass is 10.1. The molecular formula is C24H21N3O5S. The smallest absolute Gasteiger partial charge is 0.264 e. The second-order valence-electron chi connectivity index (χ2n) is 7.55. The molecule has 0 fully saturated rings. The number of aromatic nitrogens is 2. The summed E-state index contributed by atoms with van der Waals surface area (Å²) in [4.78, 5) is 11.1. The van der Waals surface area contributed by atoms with Crippen molar-refractivity contribution in [3.8, 4) is 39.7 Å². The molecule has 0 spiro atoms. The Labute approximate surface area is 190 Å². The molecule has 1 heterocycles. The van der Waals surface area contributed by atoms with E-state index in [2.05, 4.69) is 5.10 Å². The minimum Gasteiger partial charge on any atom is -0.508 e. The predicted octanol–water partition coefficient (Wildman–Crippen LogP) is 3.75. The van der Waals surface area contributed by atoms with Crippen molar-refractivity contribution in [2.75, 3.05) is 0 Å². The average molecular weight is 464 g/mol. The van der Waals surface area contributed by atoms with E-state index in [-0.39, 0.29) is 16.4 Å². The van der Waals surface area contributed by atoms with Crippen LogP contribution in [0.15, 0.2) is 77.7 Å². The number of aryl methyl sites for hydroxylation is 1. The van der Waals surface area contributed by atoms with Crippen LogP contribution in [-0.2, 0) is 14.8 Å². The molecule has 1 amide bonds. The van der Waals surface area contributed by atoms with Gasteiger partial charge >= 0.3 is 0 Å².